The van der Waals surface area contributed by atoms with Crippen molar-refractivity contribution in [3.63, 3.8) is 0 Å². The van der Waals surface area contributed by atoms with Gasteiger partial charge in [-0.25, -0.2) is 0 Å². The van der Waals surface area contributed by atoms with Crippen LogP contribution in [0.2, 0.25) is 5.02 Å². The Morgan fingerprint density at radius 1 is 1.11 bits per heavy atom. The van der Waals surface area contributed by atoms with Crippen LogP contribution in [0, 0.1) is 6.92 Å². The second-order valence-corrected chi connectivity index (χ2v) is 7.21. The van der Waals surface area contributed by atoms with Crippen LogP contribution in [0.4, 0.5) is 0 Å². The molecule has 0 saturated heterocycles. The fourth-order valence-electron chi connectivity index (χ4n) is 2.96. The molecule has 2 aromatic carbocycles. The third-order valence-corrected chi connectivity index (χ3v) is 5.00. The maximum absolute atomic E-state index is 12.5. The van der Waals surface area contributed by atoms with Crippen molar-refractivity contribution < 1.29 is 14.0 Å². The van der Waals surface area contributed by atoms with E-state index >= 15 is 0 Å². The second-order valence-electron chi connectivity index (χ2n) is 6.80. The first-order valence-electron chi connectivity index (χ1n) is 8.88. The van der Waals surface area contributed by atoms with E-state index < -0.39 is 0 Å². The first kappa shape index (κ1) is 17.6. The molecule has 1 fully saturated rings. The number of fused-ring (bicyclic) bond motifs is 1. The van der Waals surface area contributed by atoms with Gasteiger partial charge in [0.15, 0.2) is 11.3 Å². The molecular weight excluding hydrogens is 364 g/mol. The van der Waals surface area contributed by atoms with Gasteiger partial charge in [0, 0.05) is 29.1 Å². The Morgan fingerprint density at radius 2 is 1.85 bits per heavy atom. The molecule has 5 nitrogen and oxygen atoms in total. The number of halogens is 1. The molecule has 0 atom stereocenters. The summed E-state index contributed by atoms with van der Waals surface area (Å²) < 4.78 is 5.68. The van der Waals surface area contributed by atoms with Crippen LogP contribution in [0.5, 0.6) is 0 Å². The molecule has 2 N–H and O–H groups in total. The maximum atomic E-state index is 12.5. The zero-order valence-corrected chi connectivity index (χ0v) is 15.6. The fraction of sp³-hybridized carbons (Fsp3) is 0.238. The molecule has 3 aromatic rings. The Hall–Kier alpha value is -2.79. The average Bonchev–Trinajstić information content (AvgIpc) is 3.42. The lowest BCUT2D eigenvalue weighted by molar-refractivity contribution is 0.0921. The number of benzene rings is 2. The van der Waals surface area contributed by atoms with Crippen molar-refractivity contribution >= 4 is 34.4 Å². The highest BCUT2D eigenvalue weighted by Gasteiger charge is 2.23. The molecule has 138 valence electrons. The van der Waals surface area contributed by atoms with E-state index in [0.717, 1.165) is 29.4 Å². The summed E-state index contributed by atoms with van der Waals surface area (Å²) in [5.41, 5.74) is 2.81. The van der Waals surface area contributed by atoms with Gasteiger partial charge in [-0.2, -0.15) is 0 Å². The summed E-state index contributed by atoms with van der Waals surface area (Å²) in [7, 11) is 0. The predicted molar refractivity (Wildman–Crippen MR) is 104 cm³/mol. The molecule has 1 aliphatic carbocycles. The number of carbonyl (C=O) groups excluding carboxylic acids is 2. The highest BCUT2D eigenvalue weighted by molar-refractivity contribution is 6.35. The van der Waals surface area contributed by atoms with Crippen LogP contribution in [0.25, 0.3) is 11.0 Å². The molecule has 27 heavy (non-hydrogen) atoms. The van der Waals surface area contributed by atoms with Crippen LogP contribution in [0.1, 0.15) is 44.9 Å². The van der Waals surface area contributed by atoms with Gasteiger partial charge in [-0.05, 0) is 43.5 Å². The van der Waals surface area contributed by atoms with Gasteiger partial charge in [-0.1, -0.05) is 35.9 Å². The zero-order valence-electron chi connectivity index (χ0n) is 14.8. The van der Waals surface area contributed by atoms with Gasteiger partial charge in [0.2, 0.25) is 0 Å². The quantitative estimate of drug-likeness (QED) is 0.694. The minimum Gasteiger partial charge on any atom is -0.449 e. The van der Waals surface area contributed by atoms with Crippen molar-refractivity contribution in [3.05, 3.63) is 69.9 Å². The van der Waals surface area contributed by atoms with Crippen molar-refractivity contribution in [1.82, 2.24) is 10.6 Å². The van der Waals surface area contributed by atoms with E-state index in [4.69, 9.17) is 16.0 Å². The van der Waals surface area contributed by atoms with Crippen molar-refractivity contribution in [1.29, 1.82) is 0 Å². The Labute approximate surface area is 161 Å². The number of nitrogens with one attached hydrogen (secondary N) is 2. The monoisotopic (exact) mass is 382 g/mol. The smallest absolute Gasteiger partial charge is 0.287 e. The van der Waals surface area contributed by atoms with Crippen molar-refractivity contribution in [3.8, 4) is 0 Å². The number of amides is 2. The predicted octanol–water partition coefficient (Wildman–Crippen LogP) is 4.22. The first-order valence-corrected chi connectivity index (χ1v) is 9.26. The van der Waals surface area contributed by atoms with E-state index in [1.54, 1.807) is 18.2 Å². The molecule has 0 spiro atoms. The summed E-state index contributed by atoms with van der Waals surface area (Å²) in [4.78, 5) is 24.5. The minimum absolute atomic E-state index is 0.0529. The van der Waals surface area contributed by atoms with Gasteiger partial charge in [0.25, 0.3) is 11.8 Å². The molecule has 0 aliphatic heterocycles. The van der Waals surface area contributed by atoms with Crippen LogP contribution >= 0.6 is 11.6 Å². The molecular formula is C21H19ClN2O3. The molecule has 0 bridgehead atoms. The zero-order chi connectivity index (χ0) is 19.0. The van der Waals surface area contributed by atoms with Crippen molar-refractivity contribution in [2.24, 2.45) is 0 Å². The highest BCUT2D eigenvalue weighted by Crippen LogP contribution is 2.30. The van der Waals surface area contributed by atoms with E-state index in [2.05, 4.69) is 10.6 Å². The number of para-hydroxylation sites is 1. The van der Waals surface area contributed by atoms with E-state index in [1.807, 2.05) is 31.2 Å². The van der Waals surface area contributed by atoms with Crippen LogP contribution in [0.3, 0.4) is 0 Å². The summed E-state index contributed by atoms with van der Waals surface area (Å²) in [6, 6.07) is 13.0. The number of aryl methyl sites for hydroxylation is 1. The Morgan fingerprint density at radius 3 is 2.52 bits per heavy atom. The Kier molecular flexibility index (Phi) is 4.62. The topological polar surface area (TPSA) is 71.3 Å². The average molecular weight is 383 g/mol. The number of furan rings is 1. The molecule has 1 heterocycles. The van der Waals surface area contributed by atoms with E-state index in [1.165, 1.54) is 0 Å². The van der Waals surface area contributed by atoms with Crippen LogP contribution in [-0.2, 0) is 6.54 Å². The molecule has 6 heteroatoms. The molecule has 2 amide bonds. The normalized spacial score (nSPS) is 13.6. The molecule has 1 aromatic heterocycles. The highest BCUT2D eigenvalue weighted by atomic mass is 35.5. The number of carbonyl (C=O) groups is 2. The summed E-state index contributed by atoms with van der Waals surface area (Å²) in [5, 5.41) is 7.12. The third kappa shape index (κ3) is 3.69. The third-order valence-electron chi connectivity index (χ3n) is 4.70. The van der Waals surface area contributed by atoms with E-state index in [-0.39, 0.29) is 17.6 Å². The Bertz CT molecular complexity index is 1020. The number of rotatable bonds is 5. The lowest BCUT2D eigenvalue weighted by Crippen LogP contribution is -2.25. The minimum atomic E-state index is -0.296. The van der Waals surface area contributed by atoms with Gasteiger partial charge < -0.3 is 15.1 Å². The lowest BCUT2D eigenvalue weighted by atomic mass is 10.1. The van der Waals surface area contributed by atoms with Gasteiger partial charge in [-0.3, -0.25) is 9.59 Å². The molecule has 1 saturated carbocycles. The SMILES string of the molecule is Cc1c(C(=O)NCc2ccc(C(=O)NC3CC3)cc2)oc2c(Cl)cccc12. The van der Waals surface area contributed by atoms with E-state index in [0.29, 0.717) is 28.8 Å². The van der Waals surface area contributed by atoms with Gasteiger partial charge >= 0.3 is 0 Å². The molecule has 0 unspecified atom stereocenters. The summed E-state index contributed by atoms with van der Waals surface area (Å²) in [6.45, 7) is 2.18. The fourth-order valence-corrected chi connectivity index (χ4v) is 3.17. The van der Waals surface area contributed by atoms with Crippen molar-refractivity contribution in [2.45, 2.75) is 32.4 Å². The standard InChI is InChI=1S/C21H19ClN2O3/c1-12-16-3-2-4-17(22)19(16)27-18(12)21(26)23-11-13-5-7-14(8-6-13)20(25)24-15-9-10-15/h2-8,15H,9-11H2,1H3,(H,23,26)(H,24,25). The first-order chi connectivity index (χ1) is 13.0. The van der Waals surface area contributed by atoms with E-state index in [9.17, 15) is 9.59 Å². The summed E-state index contributed by atoms with van der Waals surface area (Å²) in [5.74, 6) is -0.0864. The summed E-state index contributed by atoms with van der Waals surface area (Å²) >= 11 is 6.14. The second kappa shape index (κ2) is 7.08. The van der Waals surface area contributed by atoms with Crippen LogP contribution in [-0.4, -0.2) is 17.9 Å². The Balaban J connectivity index is 1.42. The van der Waals surface area contributed by atoms with Gasteiger partial charge in [0.05, 0.1) is 5.02 Å². The van der Waals surface area contributed by atoms with Crippen LogP contribution in [0.15, 0.2) is 46.9 Å². The summed E-state index contributed by atoms with van der Waals surface area (Å²) in [6.07, 6.45) is 2.12. The van der Waals surface area contributed by atoms with Crippen LogP contribution < -0.4 is 10.6 Å². The lowest BCUT2D eigenvalue weighted by Gasteiger charge is -2.06. The van der Waals surface area contributed by atoms with Crippen molar-refractivity contribution in [2.75, 3.05) is 0 Å². The molecule has 0 radical (unpaired) electrons. The van der Waals surface area contributed by atoms with Gasteiger partial charge in [0.1, 0.15) is 0 Å². The maximum Gasteiger partial charge on any atom is 0.287 e. The largest absolute Gasteiger partial charge is 0.449 e. The van der Waals surface area contributed by atoms with Gasteiger partial charge in [-0.15, -0.1) is 0 Å². The number of hydrogen-bond acceptors (Lipinski definition) is 3. The molecule has 1 aliphatic rings. The molecule has 4 rings (SSSR count). The number of hydrogen-bond donors (Lipinski definition) is 2.